The van der Waals surface area contributed by atoms with Crippen molar-refractivity contribution in [2.45, 2.75) is 69.8 Å². The fraction of sp³-hybridized carbons (Fsp3) is 0.789. The molecule has 2 unspecified atom stereocenters. The van der Waals surface area contributed by atoms with Crippen LogP contribution in [0.15, 0.2) is 24.3 Å². The minimum Gasteiger partial charge on any atom is -0.378 e. The average molecular weight is 274 g/mol. The summed E-state index contributed by atoms with van der Waals surface area (Å²) in [4.78, 5) is 0. The summed E-state index contributed by atoms with van der Waals surface area (Å²) in [5, 5.41) is 0. The summed E-state index contributed by atoms with van der Waals surface area (Å²) < 4.78 is 6.11. The van der Waals surface area contributed by atoms with Gasteiger partial charge in [-0.1, -0.05) is 24.3 Å². The van der Waals surface area contributed by atoms with Crippen LogP contribution in [-0.2, 0) is 4.74 Å². The first-order valence-corrected chi connectivity index (χ1v) is 8.69. The fourth-order valence-electron chi connectivity index (χ4n) is 4.90. The van der Waals surface area contributed by atoms with Crippen LogP contribution in [0.3, 0.4) is 0 Å². The molecule has 0 aromatic heterocycles. The molecule has 0 aromatic carbocycles. The molecule has 0 amide bonds. The van der Waals surface area contributed by atoms with E-state index in [4.69, 9.17) is 4.74 Å². The zero-order chi connectivity index (χ0) is 13.8. The van der Waals surface area contributed by atoms with Gasteiger partial charge in [-0.15, -0.1) is 0 Å². The highest BCUT2D eigenvalue weighted by molar-refractivity contribution is 5.02. The maximum absolute atomic E-state index is 6.11. The van der Waals surface area contributed by atoms with Gasteiger partial charge in [-0.25, -0.2) is 0 Å². The maximum Gasteiger partial charge on any atom is 0.0710 e. The van der Waals surface area contributed by atoms with Gasteiger partial charge in [-0.2, -0.15) is 0 Å². The van der Waals surface area contributed by atoms with Crippen LogP contribution in [0.25, 0.3) is 0 Å². The third kappa shape index (κ3) is 2.88. The molecule has 1 fully saturated rings. The molecule has 0 aromatic rings. The molecular formula is C19H30O. The van der Waals surface area contributed by atoms with Gasteiger partial charge in [0.2, 0.25) is 0 Å². The molecular weight excluding hydrogens is 244 g/mol. The van der Waals surface area contributed by atoms with Gasteiger partial charge in [-0.05, 0) is 82.0 Å². The number of allylic oxidation sites excluding steroid dienone is 4. The van der Waals surface area contributed by atoms with Crippen molar-refractivity contribution >= 4 is 0 Å². The lowest BCUT2D eigenvalue weighted by atomic mass is 9.65. The van der Waals surface area contributed by atoms with E-state index in [-0.39, 0.29) is 5.60 Å². The Kier molecular flexibility index (Phi) is 4.65. The molecule has 112 valence electrons. The van der Waals surface area contributed by atoms with E-state index < -0.39 is 0 Å². The highest BCUT2D eigenvalue weighted by atomic mass is 16.5. The molecule has 1 saturated carbocycles. The van der Waals surface area contributed by atoms with Gasteiger partial charge in [0.1, 0.15) is 0 Å². The van der Waals surface area contributed by atoms with Crippen LogP contribution in [0, 0.1) is 17.8 Å². The predicted octanol–water partition coefficient (Wildman–Crippen LogP) is 5.27. The Balaban J connectivity index is 1.60. The monoisotopic (exact) mass is 274 g/mol. The van der Waals surface area contributed by atoms with Crippen molar-refractivity contribution in [2.75, 3.05) is 7.11 Å². The summed E-state index contributed by atoms with van der Waals surface area (Å²) in [5.41, 5.74) is 0.200. The summed E-state index contributed by atoms with van der Waals surface area (Å²) in [6.07, 6.45) is 22.8. The number of rotatable bonds is 3. The molecule has 0 bridgehead atoms. The first-order valence-electron chi connectivity index (χ1n) is 8.69. The summed E-state index contributed by atoms with van der Waals surface area (Å²) in [7, 11) is 1.96. The minimum absolute atomic E-state index is 0.200. The van der Waals surface area contributed by atoms with Gasteiger partial charge in [0.05, 0.1) is 5.60 Å². The van der Waals surface area contributed by atoms with E-state index in [0.717, 1.165) is 17.8 Å². The van der Waals surface area contributed by atoms with Crippen LogP contribution in [0.1, 0.15) is 64.2 Å². The van der Waals surface area contributed by atoms with Crippen molar-refractivity contribution in [2.24, 2.45) is 17.8 Å². The van der Waals surface area contributed by atoms with Crippen LogP contribution in [0.5, 0.6) is 0 Å². The molecule has 1 nitrogen and oxygen atoms in total. The average Bonchev–Trinajstić information content (AvgIpc) is 2.56. The summed E-state index contributed by atoms with van der Waals surface area (Å²) >= 11 is 0. The number of hydrogen-bond donors (Lipinski definition) is 0. The van der Waals surface area contributed by atoms with Gasteiger partial charge in [0, 0.05) is 7.11 Å². The van der Waals surface area contributed by atoms with E-state index in [9.17, 15) is 0 Å². The first-order chi connectivity index (χ1) is 9.84. The Hall–Kier alpha value is -0.560. The van der Waals surface area contributed by atoms with Gasteiger partial charge in [-0.3, -0.25) is 0 Å². The van der Waals surface area contributed by atoms with Crippen molar-refractivity contribution < 1.29 is 4.74 Å². The van der Waals surface area contributed by atoms with E-state index in [0.29, 0.717) is 0 Å². The van der Waals surface area contributed by atoms with Crippen molar-refractivity contribution in [1.82, 2.24) is 0 Å². The maximum atomic E-state index is 6.11. The Labute approximate surface area is 124 Å². The van der Waals surface area contributed by atoms with Crippen molar-refractivity contribution in [3.8, 4) is 0 Å². The lowest BCUT2D eigenvalue weighted by Crippen LogP contribution is -2.44. The molecule has 0 N–H and O–H groups in total. The minimum atomic E-state index is 0.200. The van der Waals surface area contributed by atoms with E-state index in [2.05, 4.69) is 24.3 Å². The number of methoxy groups -OCH3 is 1. The normalized spacial score (nSPS) is 41.8. The summed E-state index contributed by atoms with van der Waals surface area (Å²) in [6, 6.07) is 0. The third-order valence-corrected chi connectivity index (χ3v) is 6.27. The lowest BCUT2D eigenvalue weighted by molar-refractivity contribution is -0.0987. The molecule has 0 radical (unpaired) electrons. The first kappa shape index (κ1) is 14.4. The molecule has 0 saturated heterocycles. The molecule has 0 spiro atoms. The molecule has 1 heteroatoms. The van der Waals surface area contributed by atoms with Gasteiger partial charge < -0.3 is 4.74 Å². The molecule has 2 atom stereocenters. The zero-order valence-corrected chi connectivity index (χ0v) is 13.0. The Bertz CT molecular complexity index is 360. The molecule has 3 aliphatic carbocycles. The SMILES string of the molecule is COC1(C2CC=CCC2)CCC(C2CC=CCC2)CC1. The quantitative estimate of drug-likeness (QED) is 0.637. The Morgan fingerprint density at radius 2 is 1.50 bits per heavy atom. The highest BCUT2D eigenvalue weighted by Gasteiger charge is 2.42. The Morgan fingerprint density at radius 1 is 0.800 bits per heavy atom. The van der Waals surface area contributed by atoms with Gasteiger partial charge in [0.25, 0.3) is 0 Å². The smallest absolute Gasteiger partial charge is 0.0710 e. The second-order valence-electron chi connectivity index (χ2n) is 7.13. The third-order valence-electron chi connectivity index (χ3n) is 6.27. The van der Waals surface area contributed by atoms with Gasteiger partial charge >= 0.3 is 0 Å². The lowest BCUT2D eigenvalue weighted by Gasteiger charge is -2.46. The van der Waals surface area contributed by atoms with Crippen LogP contribution < -0.4 is 0 Å². The predicted molar refractivity (Wildman–Crippen MR) is 84.7 cm³/mol. The second-order valence-corrected chi connectivity index (χ2v) is 7.13. The summed E-state index contributed by atoms with van der Waals surface area (Å²) in [5.74, 6) is 2.69. The van der Waals surface area contributed by atoms with E-state index in [1.54, 1.807) is 0 Å². The standard InChI is InChI=1S/C19H30O/c1-20-19(18-10-6-3-7-11-18)14-12-17(13-15-19)16-8-4-2-5-9-16/h2-4,6,16-18H,5,7-15H2,1H3. The van der Waals surface area contributed by atoms with E-state index >= 15 is 0 Å². The molecule has 20 heavy (non-hydrogen) atoms. The van der Waals surface area contributed by atoms with Gasteiger partial charge in [0.15, 0.2) is 0 Å². The number of hydrogen-bond acceptors (Lipinski definition) is 1. The highest BCUT2D eigenvalue weighted by Crippen LogP contribution is 2.47. The summed E-state index contributed by atoms with van der Waals surface area (Å²) in [6.45, 7) is 0. The molecule has 3 aliphatic rings. The Morgan fingerprint density at radius 3 is 2.05 bits per heavy atom. The van der Waals surface area contributed by atoms with Crippen molar-refractivity contribution in [3.05, 3.63) is 24.3 Å². The molecule has 0 aliphatic heterocycles. The largest absolute Gasteiger partial charge is 0.378 e. The fourth-order valence-corrected chi connectivity index (χ4v) is 4.90. The molecule has 0 heterocycles. The van der Waals surface area contributed by atoms with Crippen molar-refractivity contribution in [1.29, 1.82) is 0 Å². The van der Waals surface area contributed by atoms with E-state index in [1.807, 2.05) is 7.11 Å². The van der Waals surface area contributed by atoms with Crippen LogP contribution >= 0.6 is 0 Å². The van der Waals surface area contributed by atoms with E-state index in [1.165, 1.54) is 64.2 Å². The van der Waals surface area contributed by atoms with Crippen molar-refractivity contribution in [3.63, 3.8) is 0 Å². The van der Waals surface area contributed by atoms with Crippen LogP contribution in [0.4, 0.5) is 0 Å². The zero-order valence-electron chi connectivity index (χ0n) is 13.0. The topological polar surface area (TPSA) is 9.23 Å². The van der Waals surface area contributed by atoms with Crippen LogP contribution in [0.2, 0.25) is 0 Å². The number of ether oxygens (including phenoxy) is 1. The second kappa shape index (κ2) is 6.47. The van der Waals surface area contributed by atoms with Crippen LogP contribution in [-0.4, -0.2) is 12.7 Å². The molecule has 3 rings (SSSR count).